The van der Waals surface area contributed by atoms with Gasteiger partial charge in [-0.25, -0.2) is 0 Å². The van der Waals surface area contributed by atoms with E-state index in [2.05, 4.69) is 20.4 Å². The summed E-state index contributed by atoms with van der Waals surface area (Å²) < 4.78 is 16.8. The van der Waals surface area contributed by atoms with Crippen molar-refractivity contribution < 1.29 is 14.0 Å². The third-order valence-corrected chi connectivity index (χ3v) is 4.27. The first-order valence-corrected chi connectivity index (χ1v) is 8.60. The summed E-state index contributed by atoms with van der Waals surface area (Å²) in [4.78, 5) is 8.58. The SMILES string of the molecule is C[C@H]1OCCN[C@@H]1c1nc(-c2ccc(OCc3cccnc3)cc2)no1.Cl. The second kappa shape index (κ2) is 8.94. The first-order valence-electron chi connectivity index (χ1n) is 8.60. The minimum atomic E-state index is -0.0768. The highest BCUT2D eigenvalue weighted by Gasteiger charge is 2.28. The predicted molar refractivity (Wildman–Crippen MR) is 102 cm³/mol. The van der Waals surface area contributed by atoms with E-state index < -0.39 is 0 Å². The van der Waals surface area contributed by atoms with E-state index in [1.165, 1.54) is 0 Å². The van der Waals surface area contributed by atoms with E-state index in [4.69, 9.17) is 14.0 Å². The lowest BCUT2D eigenvalue weighted by atomic mass is 10.1. The highest BCUT2D eigenvalue weighted by Crippen LogP contribution is 2.25. The van der Waals surface area contributed by atoms with Gasteiger partial charge < -0.3 is 19.3 Å². The second-order valence-corrected chi connectivity index (χ2v) is 6.14. The third kappa shape index (κ3) is 4.63. The molecule has 0 unspecified atom stereocenters. The van der Waals surface area contributed by atoms with Crippen LogP contribution < -0.4 is 10.1 Å². The fraction of sp³-hybridized carbons (Fsp3) is 0.316. The molecule has 1 saturated heterocycles. The van der Waals surface area contributed by atoms with Gasteiger partial charge in [-0.05, 0) is 37.3 Å². The van der Waals surface area contributed by atoms with Crippen molar-refractivity contribution in [3.05, 3.63) is 60.2 Å². The molecule has 0 aliphatic carbocycles. The maximum atomic E-state index is 5.77. The topological polar surface area (TPSA) is 82.3 Å². The molecule has 0 saturated carbocycles. The summed E-state index contributed by atoms with van der Waals surface area (Å²) in [6.07, 6.45) is 3.53. The second-order valence-electron chi connectivity index (χ2n) is 6.14. The summed E-state index contributed by atoms with van der Waals surface area (Å²) in [6.45, 7) is 3.94. The van der Waals surface area contributed by atoms with Gasteiger partial charge in [-0.15, -0.1) is 12.4 Å². The Balaban J connectivity index is 0.00000210. The number of benzene rings is 1. The van der Waals surface area contributed by atoms with Crippen LogP contribution in [0.25, 0.3) is 11.4 Å². The van der Waals surface area contributed by atoms with Crippen LogP contribution in [0.3, 0.4) is 0 Å². The van der Waals surface area contributed by atoms with Crippen LogP contribution in [0, 0.1) is 0 Å². The van der Waals surface area contributed by atoms with Crippen molar-refractivity contribution in [3.8, 4) is 17.1 Å². The molecule has 142 valence electrons. The first kappa shape index (κ1) is 19.3. The van der Waals surface area contributed by atoms with Crippen molar-refractivity contribution in [2.24, 2.45) is 0 Å². The Bertz CT molecular complexity index is 842. The van der Waals surface area contributed by atoms with Crippen molar-refractivity contribution in [2.45, 2.75) is 25.7 Å². The Morgan fingerprint density at radius 1 is 1.22 bits per heavy atom. The average molecular weight is 389 g/mol. The fourth-order valence-electron chi connectivity index (χ4n) is 2.84. The minimum Gasteiger partial charge on any atom is -0.489 e. The van der Waals surface area contributed by atoms with Crippen molar-refractivity contribution in [2.75, 3.05) is 13.2 Å². The summed E-state index contributed by atoms with van der Waals surface area (Å²) in [5, 5.41) is 7.43. The van der Waals surface area contributed by atoms with Gasteiger partial charge in [0, 0.05) is 30.1 Å². The summed E-state index contributed by atoms with van der Waals surface area (Å²) >= 11 is 0. The standard InChI is InChI=1S/C19H20N4O3.ClH/c1-13-17(21-9-10-24-13)19-22-18(23-26-19)15-4-6-16(7-5-15)25-12-14-3-2-8-20-11-14;/h2-8,11,13,17,21H,9-10,12H2,1H3;1H/t13-,17+;/m1./s1. The minimum absolute atomic E-state index is 0. The lowest BCUT2D eigenvalue weighted by molar-refractivity contribution is -0.00136. The number of morpholine rings is 1. The quantitative estimate of drug-likeness (QED) is 0.718. The number of hydrogen-bond acceptors (Lipinski definition) is 7. The van der Waals surface area contributed by atoms with Gasteiger partial charge in [-0.2, -0.15) is 4.98 Å². The zero-order valence-electron chi connectivity index (χ0n) is 14.9. The third-order valence-electron chi connectivity index (χ3n) is 4.27. The first-order chi connectivity index (χ1) is 12.8. The molecule has 0 spiro atoms. The summed E-state index contributed by atoms with van der Waals surface area (Å²) in [5.41, 5.74) is 1.90. The van der Waals surface area contributed by atoms with Gasteiger partial charge in [0.15, 0.2) is 0 Å². The Morgan fingerprint density at radius 2 is 2.07 bits per heavy atom. The van der Waals surface area contributed by atoms with E-state index in [0.29, 0.717) is 24.9 Å². The van der Waals surface area contributed by atoms with Gasteiger partial charge in [-0.1, -0.05) is 11.2 Å². The van der Waals surface area contributed by atoms with Crippen molar-refractivity contribution in [1.82, 2.24) is 20.4 Å². The van der Waals surface area contributed by atoms with E-state index in [1.807, 2.05) is 43.3 Å². The molecular weight excluding hydrogens is 368 g/mol. The van der Waals surface area contributed by atoms with Crippen LogP contribution in [0.4, 0.5) is 0 Å². The molecule has 0 radical (unpaired) electrons. The number of ether oxygens (including phenoxy) is 2. The van der Waals surface area contributed by atoms with Gasteiger partial charge >= 0.3 is 0 Å². The molecule has 1 aliphatic rings. The molecule has 4 rings (SSSR count). The number of aromatic nitrogens is 3. The van der Waals surface area contributed by atoms with E-state index in [9.17, 15) is 0 Å². The molecule has 0 amide bonds. The molecular formula is C19H21ClN4O3. The highest BCUT2D eigenvalue weighted by molar-refractivity contribution is 5.85. The lowest BCUT2D eigenvalue weighted by Gasteiger charge is -2.27. The molecule has 2 atom stereocenters. The van der Waals surface area contributed by atoms with Gasteiger partial charge in [0.05, 0.1) is 12.7 Å². The van der Waals surface area contributed by atoms with Crippen molar-refractivity contribution >= 4 is 12.4 Å². The van der Waals surface area contributed by atoms with Crippen LogP contribution in [-0.2, 0) is 11.3 Å². The molecule has 1 aromatic carbocycles. The molecule has 0 bridgehead atoms. The van der Waals surface area contributed by atoms with E-state index >= 15 is 0 Å². The molecule has 7 nitrogen and oxygen atoms in total. The van der Waals surface area contributed by atoms with Crippen molar-refractivity contribution in [3.63, 3.8) is 0 Å². The molecule has 1 N–H and O–H groups in total. The monoisotopic (exact) mass is 388 g/mol. The van der Waals surface area contributed by atoms with Crippen LogP contribution >= 0.6 is 12.4 Å². The number of nitrogens with one attached hydrogen (secondary N) is 1. The van der Waals surface area contributed by atoms with Gasteiger partial charge in [0.25, 0.3) is 0 Å². The number of hydrogen-bond donors (Lipinski definition) is 1. The lowest BCUT2D eigenvalue weighted by Crippen LogP contribution is -2.40. The molecule has 8 heteroatoms. The van der Waals surface area contributed by atoms with E-state index in [-0.39, 0.29) is 24.6 Å². The molecule has 1 fully saturated rings. The smallest absolute Gasteiger partial charge is 0.246 e. The fourth-order valence-corrected chi connectivity index (χ4v) is 2.84. The molecule has 3 aromatic rings. The van der Waals surface area contributed by atoms with E-state index in [1.54, 1.807) is 12.4 Å². The number of pyridine rings is 1. The van der Waals surface area contributed by atoms with Gasteiger partial charge in [-0.3, -0.25) is 4.98 Å². The maximum absolute atomic E-state index is 5.77. The zero-order valence-corrected chi connectivity index (χ0v) is 15.7. The van der Waals surface area contributed by atoms with Crippen LogP contribution in [-0.4, -0.2) is 34.4 Å². The predicted octanol–water partition coefficient (Wildman–Crippen LogP) is 3.18. The summed E-state index contributed by atoms with van der Waals surface area (Å²) in [7, 11) is 0. The summed E-state index contributed by atoms with van der Waals surface area (Å²) in [6, 6.07) is 11.4. The van der Waals surface area contributed by atoms with Gasteiger partial charge in [0.1, 0.15) is 18.4 Å². The molecule has 2 aromatic heterocycles. The zero-order chi connectivity index (χ0) is 17.8. The molecule has 1 aliphatic heterocycles. The van der Waals surface area contributed by atoms with Crippen LogP contribution in [0.15, 0.2) is 53.3 Å². The van der Waals surface area contributed by atoms with Crippen LogP contribution in [0.5, 0.6) is 5.75 Å². The molecule has 3 heterocycles. The number of nitrogens with zero attached hydrogens (tertiary/aromatic N) is 3. The Labute approximate surface area is 163 Å². The molecule has 27 heavy (non-hydrogen) atoms. The van der Waals surface area contributed by atoms with Crippen LogP contribution in [0.1, 0.15) is 24.4 Å². The van der Waals surface area contributed by atoms with Gasteiger partial charge in [0.2, 0.25) is 11.7 Å². The Morgan fingerprint density at radius 3 is 2.81 bits per heavy atom. The number of halogens is 1. The van der Waals surface area contributed by atoms with E-state index in [0.717, 1.165) is 23.4 Å². The maximum Gasteiger partial charge on any atom is 0.246 e. The largest absolute Gasteiger partial charge is 0.489 e. The van der Waals surface area contributed by atoms with Crippen LogP contribution in [0.2, 0.25) is 0 Å². The summed E-state index contributed by atoms with van der Waals surface area (Å²) in [5.74, 6) is 1.87. The Kier molecular flexibility index (Phi) is 6.39. The average Bonchev–Trinajstić information content (AvgIpc) is 3.18. The normalized spacial score (nSPS) is 19.3. The highest BCUT2D eigenvalue weighted by atomic mass is 35.5. The van der Waals surface area contributed by atoms with Crippen molar-refractivity contribution in [1.29, 1.82) is 0 Å². The number of rotatable bonds is 5. The Hall–Kier alpha value is -2.48.